The third-order valence-corrected chi connectivity index (χ3v) is 4.32. The van der Waals surface area contributed by atoms with Crippen LogP contribution in [0.4, 0.5) is 17.6 Å². The number of halogens is 4. The maximum atomic E-state index is 14.4. The van der Waals surface area contributed by atoms with Crippen LogP contribution >= 0.6 is 0 Å². The van der Waals surface area contributed by atoms with Gasteiger partial charge in [-0.3, -0.25) is 0 Å². The minimum atomic E-state index is -4.73. The third kappa shape index (κ3) is 5.13. The average molecular weight is 374 g/mol. The van der Waals surface area contributed by atoms with Crippen LogP contribution in [0.5, 0.6) is 5.75 Å². The maximum Gasteiger partial charge on any atom is 0.573 e. The molecule has 1 aliphatic rings. The zero-order valence-corrected chi connectivity index (χ0v) is 14.8. The van der Waals surface area contributed by atoms with E-state index in [1.54, 1.807) is 12.1 Å². The molecule has 0 saturated heterocycles. The van der Waals surface area contributed by atoms with Crippen molar-refractivity contribution in [3.8, 4) is 17.6 Å². The Kier molecular flexibility index (Phi) is 5.55. The first kappa shape index (κ1) is 19.0. The van der Waals surface area contributed by atoms with Gasteiger partial charge in [0.25, 0.3) is 0 Å². The molecule has 0 bridgehead atoms. The summed E-state index contributed by atoms with van der Waals surface area (Å²) in [5, 5.41) is 0. The molecule has 0 aromatic heterocycles. The quantitative estimate of drug-likeness (QED) is 0.366. The molecular formula is C22H18F4O. The van der Waals surface area contributed by atoms with Crippen LogP contribution in [-0.4, -0.2) is 6.36 Å². The van der Waals surface area contributed by atoms with Crippen molar-refractivity contribution in [3.05, 3.63) is 76.1 Å². The zero-order valence-electron chi connectivity index (χ0n) is 14.8. The summed E-state index contributed by atoms with van der Waals surface area (Å²) in [6.07, 6.45) is 1.10. The molecular weight excluding hydrogens is 356 g/mol. The molecule has 0 atom stereocenters. The van der Waals surface area contributed by atoms with Gasteiger partial charge in [-0.15, -0.1) is 13.2 Å². The Labute approximate surface area is 155 Å². The molecule has 0 spiro atoms. The largest absolute Gasteiger partial charge is 0.573 e. The fourth-order valence-corrected chi connectivity index (χ4v) is 3.07. The van der Waals surface area contributed by atoms with Crippen molar-refractivity contribution in [1.29, 1.82) is 0 Å². The number of ether oxygens (including phenoxy) is 1. The van der Waals surface area contributed by atoms with Gasteiger partial charge < -0.3 is 4.74 Å². The molecule has 27 heavy (non-hydrogen) atoms. The first-order valence-corrected chi connectivity index (χ1v) is 8.71. The van der Waals surface area contributed by atoms with Crippen molar-refractivity contribution < 1.29 is 22.3 Å². The summed E-state index contributed by atoms with van der Waals surface area (Å²) < 4.78 is 54.7. The number of hydrogen-bond acceptors (Lipinski definition) is 1. The minimum absolute atomic E-state index is 0.289. The van der Waals surface area contributed by atoms with E-state index in [9.17, 15) is 17.6 Å². The van der Waals surface area contributed by atoms with Gasteiger partial charge in [0.2, 0.25) is 0 Å². The smallest absolute Gasteiger partial charge is 0.406 e. The Morgan fingerprint density at radius 3 is 2.44 bits per heavy atom. The van der Waals surface area contributed by atoms with Gasteiger partial charge in [0, 0.05) is 5.56 Å². The Balaban J connectivity index is 1.77. The van der Waals surface area contributed by atoms with E-state index in [0.717, 1.165) is 36.8 Å². The van der Waals surface area contributed by atoms with Crippen molar-refractivity contribution in [2.45, 2.75) is 39.0 Å². The lowest BCUT2D eigenvalue weighted by Crippen LogP contribution is -2.16. The second kappa shape index (κ2) is 7.87. The molecule has 2 aromatic carbocycles. The highest BCUT2D eigenvalue weighted by Gasteiger charge is 2.30. The maximum absolute atomic E-state index is 14.4. The summed E-state index contributed by atoms with van der Waals surface area (Å²) in [6.45, 7) is 2.12. The summed E-state index contributed by atoms with van der Waals surface area (Å²) in [4.78, 5) is 0. The Morgan fingerprint density at radius 2 is 1.78 bits per heavy atom. The van der Waals surface area contributed by atoms with Gasteiger partial charge in [-0.05, 0) is 66.8 Å². The Hall–Kier alpha value is -2.74. The molecule has 0 heterocycles. The molecule has 2 aromatic rings. The molecule has 1 aliphatic carbocycles. The van der Waals surface area contributed by atoms with Crippen molar-refractivity contribution in [2.75, 3.05) is 0 Å². The second-order valence-corrected chi connectivity index (χ2v) is 6.42. The first-order valence-electron chi connectivity index (χ1n) is 8.71. The number of allylic oxidation sites excluding steroid dienone is 2. The number of alkyl halides is 3. The second-order valence-electron chi connectivity index (χ2n) is 6.42. The van der Waals surface area contributed by atoms with E-state index in [2.05, 4.69) is 29.6 Å². The zero-order chi connectivity index (χ0) is 19.4. The lowest BCUT2D eigenvalue weighted by molar-refractivity contribution is -0.274. The topological polar surface area (TPSA) is 9.23 Å². The normalized spacial score (nSPS) is 13.3. The molecule has 0 unspecified atom stereocenters. The number of hydrogen-bond donors (Lipinski definition) is 0. The molecule has 0 fully saturated rings. The Morgan fingerprint density at radius 1 is 1.04 bits per heavy atom. The third-order valence-electron chi connectivity index (χ3n) is 4.32. The van der Waals surface area contributed by atoms with Crippen LogP contribution in [0.1, 0.15) is 42.0 Å². The summed E-state index contributed by atoms with van der Waals surface area (Å²) in [5.74, 6) is 4.86. The van der Waals surface area contributed by atoms with Gasteiger partial charge in [-0.1, -0.05) is 36.8 Å². The number of rotatable bonds is 3. The van der Waals surface area contributed by atoms with Crippen molar-refractivity contribution in [1.82, 2.24) is 0 Å². The molecule has 0 N–H and O–H groups in total. The van der Waals surface area contributed by atoms with Gasteiger partial charge in [-0.25, -0.2) is 4.39 Å². The van der Waals surface area contributed by atoms with E-state index in [1.165, 1.54) is 29.8 Å². The van der Waals surface area contributed by atoms with Crippen molar-refractivity contribution >= 4 is 0 Å². The molecule has 5 heteroatoms. The van der Waals surface area contributed by atoms with Gasteiger partial charge in [0.05, 0.1) is 5.56 Å². The lowest BCUT2D eigenvalue weighted by Gasteiger charge is -2.17. The standard InChI is InChI=1S/C22H18F4O/c1-2-3-16-5-8-17-13-18(21(23)14-19(17)12-16)9-4-15-6-10-20(11-7-15)27-22(24,25)26/h5-7,10-11,13-14H,2-3,8,12H2,1H3. The molecule has 0 radical (unpaired) electrons. The van der Waals surface area contributed by atoms with E-state index in [0.29, 0.717) is 5.56 Å². The molecule has 140 valence electrons. The fraction of sp³-hybridized carbons (Fsp3) is 0.273. The molecule has 1 nitrogen and oxygen atoms in total. The van der Waals surface area contributed by atoms with Gasteiger partial charge in [0.15, 0.2) is 0 Å². The van der Waals surface area contributed by atoms with Gasteiger partial charge in [-0.2, -0.15) is 0 Å². The van der Waals surface area contributed by atoms with E-state index in [1.807, 2.05) is 0 Å². The van der Waals surface area contributed by atoms with Crippen molar-refractivity contribution in [2.24, 2.45) is 0 Å². The molecule has 0 amide bonds. The average Bonchev–Trinajstić information content (AvgIpc) is 2.60. The summed E-state index contributed by atoms with van der Waals surface area (Å²) >= 11 is 0. The Bertz CT molecular complexity index is 912. The van der Waals surface area contributed by atoms with E-state index in [4.69, 9.17) is 0 Å². The van der Waals surface area contributed by atoms with Crippen LogP contribution in [0, 0.1) is 17.7 Å². The van der Waals surface area contributed by atoms with Crippen LogP contribution in [0.2, 0.25) is 0 Å². The highest BCUT2D eigenvalue weighted by atomic mass is 19.4. The minimum Gasteiger partial charge on any atom is -0.406 e. The fourth-order valence-electron chi connectivity index (χ4n) is 3.07. The van der Waals surface area contributed by atoms with Crippen LogP contribution in [0.25, 0.3) is 0 Å². The molecule has 0 aliphatic heterocycles. The summed E-state index contributed by atoms with van der Waals surface area (Å²) in [6, 6.07) is 8.48. The van der Waals surface area contributed by atoms with Crippen LogP contribution in [0.15, 0.2) is 48.0 Å². The SMILES string of the molecule is CCCC1=CCc2cc(C#Cc3ccc(OC(F)(F)F)cc3)c(F)cc2C1. The lowest BCUT2D eigenvalue weighted by atomic mass is 9.88. The summed E-state index contributed by atoms with van der Waals surface area (Å²) in [5.41, 5.74) is 4.17. The first-order chi connectivity index (χ1) is 12.8. The van der Waals surface area contributed by atoms with Gasteiger partial charge in [0.1, 0.15) is 11.6 Å². The monoisotopic (exact) mass is 374 g/mol. The van der Waals surface area contributed by atoms with Crippen molar-refractivity contribution in [3.63, 3.8) is 0 Å². The number of fused-ring (bicyclic) bond motifs is 1. The highest BCUT2D eigenvalue weighted by Crippen LogP contribution is 2.26. The number of benzene rings is 2. The molecule has 0 saturated carbocycles. The van der Waals surface area contributed by atoms with E-state index < -0.39 is 6.36 Å². The van der Waals surface area contributed by atoms with Crippen LogP contribution < -0.4 is 4.74 Å². The predicted octanol–water partition coefficient (Wildman–Crippen LogP) is 5.95. The van der Waals surface area contributed by atoms with Crippen LogP contribution in [0.3, 0.4) is 0 Å². The predicted molar refractivity (Wildman–Crippen MR) is 95.9 cm³/mol. The molecule has 3 rings (SSSR count). The van der Waals surface area contributed by atoms with Gasteiger partial charge >= 0.3 is 6.36 Å². The highest BCUT2D eigenvalue weighted by molar-refractivity contribution is 5.49. The van der Waals surface area contributed by atoms with Crippen LogP contribution in [-0.2, 0) is 12.8 Å². The van der Waals surface area contributed by atoms with E-state index in [-0.39, 0.29) is 17.1 Å². The van der Waals surface area contributed by atoms with E-state index >= 15 is 0 Å². The summed E-state index contributed by atoms with van der Waals surface area (Å²) in [7, 11) is 0.